The lowest BCUT2D eigenvalue weighted by Crippen LogP contribution is -2.38. The third-order valence-corrected chi connectivity index (χ3v) is 3.78. The first-order chi connectivity index (χ1) is 11.5. The molecule has 24 heavy (non-hydrogen) atoms. The molecule has 1 aliphatic heterocycles. The highest BCUT2D eigenvalue weighted by atomic mass is 16.2. The van der Waals surface area contributed by atoms with Gasteiger partial charge in [-0.15, -0.1) is 0 Å². The van der Waals surface area contributed by atoms with Crippen LogP contribution < -0.4 is 16.0 Å². The Balaban J connectivity index is 1.67. The second-order valence-corrected chi connectivity index (χ2v) is 5.83. The number of hydrogen-bond acceptors (Lipinski definition) is 3. The predicted molar refractivity (Wildman–Crippen MR) is 91.4 cm³/mol. The summed E-state index contributed by atoms with van der Waals surface area (Å²) < 4.78 is 0. The number of benzene rings is 1. The quantitative estimate of drug-likeness (QED) is 0.736. The van der Waals surface area contributed by atoms with E-state index >= 15 is 0 Å². The Morgan fingerprint density at radius 2 is 1.88 bits per heavy atom. The van der Waals surface area contributed by atoms with Crippen LogP contribution in [0.15, 0.2) is 24.3 Å². The first kappa shape index (κ1) is 17.8. The van der Waals surface area contributed by atoms with Gasteiger partial charge < -0.3 is 20.9 Å². The first-order valence-electron chi connectivity index (χ1n) is 8.20. The Bertz CT molecular complexity index is 597. The molecule has 0 aromatic heterocycles. The summed E-state index contributed by atoms with van der Waals surface area (Å²) in [6.45, 7) is 3.78. The van der Waals surface area contributed by atoms with Crippen molar-refractivity contribution in [3.8, 4) is 0 Å². The smallest absolute Gasteiger partial charge is 0.315 e. The molecule has 3 N–H and O–H groups in total. The molecular weight excluding hydrogens is 308 g/mol. The number of carbonyl (C=O) groups is 3. The van der Waals surface area contributed by atoms with Crippen LogP contribution in [0.5, 0.6) is 0 Å². The van der Waals surface area contributed by atoms with Crippen molar-refractivity contribution < 1.29 is 14.4 Å². The molecule has 1 aromatic rings. The van der Waals surface area contributed by atoms with Crippen molar-refractivity contribution in [2.24, 2.45) is 0 Å². The molecule has 0 atom stereocenters. The van der Waals surface area contributed by atoms with Crippen molar-refractivity contribution in [3.05, 3.63) is 29.8 Å². The minimum absolute atomic E-state index is 0.0933. The van der Waals surface area contributed by atoms with Gasteiger partial charge in [-0.2, -0.15) is 0 Å². The second kappa shape index (κ2) is 8.90. The van der Waals surface area contributed by atoms with Crippen molar-refractivity contribution in [1.82, 2.24) is 15.5 Å². The third-order valence-electron chi connectivity index (χ3n) is 3.78. The van der Waals surface area contributed by atoms with Gasteiger partial charge in [0, 0.05) is 45.2 Å². The fourth-order valence-electron chi connectivity index (χ4n) is 2.61. The molecule has 7 nitrogen and oxygen atoms in total. The second-order valence-electron chi connectivity index (χ2n) is 5.83. The zero-order valence-electron chi connectivity index (χ0n) is 13.9. The Kier molecular flexibility index (Phi) is 6.60. The van der Waals surface area contributed by atoms with Crippen LogP contribution in [0.3, 0.4) is 0 Å². The van der Waals surface area contributed by atoms with E-state index < -0.39 is 0 Å². The zero-order chi connectivity index (χ0) is 17.4. The average molecular weight is 332 g/mol. The summed E-state index contributed by atoms with van der Waals surface area (Å²) in [7, 11) is 0. The number of anilines is 1. The van der Waals surface area contributed by atoms with Crippen molar-refractivity contribution in [3.63, 3.8) is 0 Å². The number of nitrogens with one attached hydrogen (secondary N) is 3. The Hall–Kier alpha value is -2.57. The molecule has 0 unspecified atom stereocenters. The Morgan fingerprint density at radius 1 is 1.12 bits per heavy atom. The molecule has 4 amide bonds. The summed E-state index contributed by atoms with van der Waals surface area (Å²) >= 11 is 0. The lowest BCUT2D eigenvalue weighted by Gasteiger charge is -2.15. The van der Waals surface area contributed by atoms with Crippen LogP contribution in [-0.4, -0.2) is 42.4 Å². The van der Waals surface area contributed by atoms with Crippen LogP contribution in [0, 0.1) is 0 Å². The Morgan fingerprint density at radius 3 is 2.58 bits per heavy atom. The summed E-state index contributed by atoms with van der Waals surface area (Å²) in [5, 5.41) is 8.12. The van der Waals surface area contributed by atoms with Gasteiger partial charge in [-0.05, 0) is 30.5 Å². The molecule has 0 aliphatic carbocycles. The van der Waals surface area contributed by atoms with Crippen molar-refractivity contribution in [2.75, 3.05) is 25.0 Å². The minimum atomic E-state index is -0.311. The van der Waals surface area contributed by atoms with E-state index in [1.807, 2.05) is 17.0 Å². The number of nitrogens with zero attached hydrogens (tertiary/aromatic N) is 1. The zero-order valence-corrected chi connectivity index (χ0v) is 13.9. The number of amides is 4. The summed E-state index contributed by atoms with van der Waals surface area (Å²) in [5.41, 5.74) is 1.57. The molecule has 2 rings (SSSR count). The largest absolute Gasteiger partial charge is 0.343 e. The SMILES string of the molecule is CC(=O)Nc1cccc(CNC(=O)NCCC(=O)N2CCCC2)c1. The van der Waals surface area contributed by atoms with E-state index in [2.05, 4.69) is 16.0 Å². The van der Waals surface area contributed by atoms with Gasteiger partial charge in [0.15, 0.2) is 0 Å². The molecule has 0 saturated carbocycles. The van der Waals surface area contributed by atoms with Crippen LogP contribution in [0.4, 0.5) is 10.5 Å². The third kappa shape index (κ3) is 5.91. The maximum Gasteiger partial charge on any atom is 0.315 e. The summed E-state index contributed by atoms with van der Waals surface area (Å²) in [4.78, 5) is 36.5. The highest BCUT2D eigenvalue weighted by Gasteiger charge is 2.17. The van der Waals surface area contributed by atoms with Crippen LogP contribution >= 0.6 is 0 Å². The van der Waals surface area contributed by atoms with E-state index in [-0.39, 0.29) is 17.8 Å². The summed E-state index contributed by atoms with van der Waals surface area (Å²) in [5.74, 6) is -0.0451. The van der Waals surface area contributed by atoms with Gasteiger partial charge in [0.2, 0.25) is 11.8 Å². The van der Waals surface area contributed by atoms with Gasteiger partial charge in [-0.25, -0.2) is 4.79 Å². The van der Waals surface area contributed by atoms with Gasteiger partial charge in [0.05, 0.1) is 0 Å². The first-order valence-corrected chi connectivity index (χ1v) is 8.20. The fraction of sp³-hybridized carbons (Fsp3) is 0.471. The van der Waals surface area contributed by atoms with E-state index in [0.717, 1.165) is 31.5 Å². The maximum atomic E-state index is 11.9. The van der Waals surface area contributed by atoms with Crippen LogP contribution in [0.1, 0.15) is 31.7 Å². The van der Waals surface area contributed by atoms with Gasteiger partial charge >= 0.3 is 6.03 Å². The molecule has 0 spiro atoms. The van der Waals surface area contributed by atoms with E-state index in [4.69, 9.17) is 0 Å². The molecule has 1 aliphatic rings. The van der Waals surface area contributed by atoms with Gasteiger partial charge in [-0.3, -0.25) is 9.59 Å². The summed E-state index contributed by atoms with van der Waals surface area (Å²) in [6, 6.07) is 6.96. The minimum Gasteiger partial charge on any atom is -0.343 e. The molecule has 0 radical (unpaired) electrons. The van der Waals surface area contributed by atoms with Crippen molar-refractivity contribution in [1.29, 1.82) is 0 Å². The number of hydrogen-bond donors (Lipinski definition) is 3. The van der Waals surface area contributed by atoms with Crippen molar-refractivity contribution >= 4 is 23.5 Å². The van der Waals surface area contributed by atoms with E-state index in [1.165, 1.54) is 6.92 Å². The molecule has 0 bridgehead atoms. The normalized spacial score (nSPS) is 13.5. The van der Waals surface area contributed by atoms with E-state index in [0.29, 0.717) is 25.2 Å². The molecule has 130 valence electrons. The van der Waals surface area contributed by atoms with Crippen LogP contribution in [-0.2, 0) is 16.1 Å². The molecule has 1 aromatic carbocycles. The highest BCUT2D eigenvalue weighted by Crippen LogP contribution is 2.10. The lowest BCUT2D eigenvalue weighted by molar-refractivity contribution is -0.130. The molecule has 7 heteroatoms. The van der Waals surface area contributed by atoms with Gasteiger partial charge in [0.25, 0.3) is 0 Å². The van der Waals surface area contributed by atoms with Gasteiger partial charge in [-0.1, -0.05) is 12.1 Å². The topological polar surface area (TPSA) is 90.5 Å². The molecule has 1 saturated heterocycles. The lowest BCUT2D eigenvalue weighted by atomic mass is 10.2. The highest BCUT2D eigenvalue weighted by molar-refractivity contribution is 5.88. The van der Waals surface area contributed by atoms with Crippen LogP contribution in [0.2, 0.25) is 0 Å². The molecule has 1 heterocycles. The predicted octanol–water partition coefficient (Wildman–Crippen LogP) is 1.46. The van der Waals surface area contributed by atoms with Crippen LogP contribution in [0.25, 0.3) is 0 Å². The monoisotopic (exact) mass is 332 g/mol. The molecular formula is C17H24N4O3. The van der Waals surface area contributed by atoms with Crippen molar-refractivity contribution in [2.45, 2.75) is 32.7 Å². The number of likely N-dealkylation sites (tertiary alicyclic amines) is 1. The number of urea groups is 1. The van der Waals surface area contributed by atoms with Gasteiger partial charge in [0.1, 0.15) is 0 Å². The summed E-state index contributed by atoms with van der Waals surface area (Å²) in [6.07, 6.45) is 2.46. The van der Waals surface area contributed by atoms with E-state index in [1.54, 1.807) is 12.1 Å². The molecule has 1 fully saturated rings. The number of rotatable bonds is 6. The fourth-order valence-corrected chi connectivity index (χ4v) is 2.61. The number of carbonyl (C=O) groups excluding carboxylic acids is 3. The Labute approximate surface area is 141 Å². The maximum absolute atomic E-state index is 11.9. The standard InChI is InChI=1S/C17H24N4O3/c1-13(22)20-15-6-4-5-14(11-15)12-19-17(24)18-8-7-16(23)21-9-2-3-10-21/h4-6,11H,2-3,7-10,12H2,1H3,(H,20,22)(H2,18,19,24). The average Bonchev–Trinajstić information content (AvgIpc) is 3.07. The van der Waals surface area contributed by atoms with E-state index in [9.17, 15) is 14.4 Å².